The van der Waals surface area contributed by atoms with E-state index < -0.39 is 0 Å². The second kappa shape index (κ2) is 8.75. The van der Waals surface area contributed by atoms with Crippen molar-refractivity contribution in [1.82, 2.24) is 9.88 Å². The summed E-state index contributed by atoms with van der Waals surface area (Å²) in [6.45, 7) is 7.59. The number of aromatic nitrogens is 1. The van der Waals surface area contributed by atoms with Crippen molar-refractivity contribution >= 4 is 11.6 Å². The molecule has 0 spiro atoms. The number of carbonyl (C=O) groups excluding carboxylic acids is 1. The van der Waals surface area contributed by atoms with Crippen molar-refractivity contribution in [2.24, 2.45) is 0 Å². The van der Waals surface area contributed by atoms with E-state index in [-0.39, 0.29) is 11.7 Å². The van der Waals surface area contributed by atoms with Crippen molar-refractivity contribution in [2.45, 2.75) is 26.9 Å². The fourth-order valence-electron chi connectivity index (χ4n) is 4.11. The Morgan fingerprint density at radius 2 is 1.97 bits per heavy atom. The SMILES string of the molecule is Cc1c(N2CCOCC2)c(C)n(Cc2cccc(F)c2)c1C(=O)NCc1ccco1. The maximum atomic E-state index is 13.8. The number of nitrogens with zero attached hydrogens (tertiary/aromatic N) is 2. The number of hydrogen-bond acceptors (Lipinski definition) is 4. The normalized spacial score (nSPS) is 14.2. The van der Waals surface area contributed by atoms with Gasteiger partial charge in [0, 0.05) is 30.9 Å². The minimum absolute atomic E-state index is 0.178. The molecular weight excluding hydrogens is 385 g/mol. The van der Waals surface area contributed by atoms with Crippen molar-refractivity contribution in [2.75, 3.05) is 31.2 Å². The number of benzene rings is 1. The van der Waals surface area contributed by atoms with Crippen LogP contribution in [-0.4, -0.2) is 36.8 Å². The standard InChI is InChI=1S/C23H26FN3O3/c1-16-21(26-8-11-29-12-9-26)17(2)27(15-18-5-3-6-19(24)13-18)22(16)23(28)25-14-20-7-4-10-30-20/h3-7,10,13H,8-9,11-12,14-15H2,1-2H3,(H,25,28). The lowest BCUT2D eigenvalue weighted by Crippen LogP contribution is -2.36. The van der Waals surface area contributed by atoms with E-state index in [0.29, 0.717) is 37.8 Å². The first-order valence-electron chi connectivity index (χ1n) is 10.1. The van der Waals surface area contributed by atoms with E-state index in [2.05, 4.69) is 10.2 Å². The van der Waals surface area contributed by atoms with Gasteiger partial charge >= 0.3 is 0 Å². The number of amides is 1. The van der Waals surface area contributed by atoms with E-state index in [0.717, 1.165) is 35.6 Å². The van der Waals surface area contributed by atoms with Crippen LogP contribution in [0.1, 0.15) is 33.1 Å². The number of hydrogen-bond donors (Lipinski definition) is 1. The summed E-state index contributed by atoms with van der Waals surface area (Å²) in [5.74, 6) is 0.225. The van der Waals surface area contributed by atoms with Gasteiger partial charge < -0.3 is 23.9 Å². The van der Waals surface area contributed by atoms with E-state index >= 15 is 0 Å². The van der Waals surface area contributed by atoms with Gasteiger partial charge in [-0.15, -0.1) is 0 Å². The lowest BCUT2D eigenvalue weighted by molar-refractivity contribution is 0.0938. The number of rotatable bonds is 6. The highest BCUT2D eigenvalue weighted by molar-refractivity contribution is 5.96. The van der Waals surface area contributed by atoms with Crippen LogP contribution in [0, 0.1) is 19.7 Å². The smallest absolute Gasteiger partial charge is 0.268 e. The largest absolute Gasteiger partial charge is 0.467 e. The Morgan fingerprint density at radius 3 is 2.67 bits per heavy atom. The molecule has 1 aliphatic rings. The molecule has 3 heterocycles. The van der Waals surface area contributed by atoms with E-state index in [1.54, 1.807) is 18.4 Å². The Labute approximate surface area is 175 Å². The van der Waals surface area contributed by atoms with Gasteiger partial charge in [-0.2, -0.15) is 0 Å². The number of halogens is 1. The van der Waals surface area contributed by atoms with Crippen LogP contribution in [0.2, 0.25) is 0 Å². The molecule has 4 rings (SSSR count). The molecule has 158 valence electrons. The minimum Gasteiger partial charge on any atom is -0.467 e. The molecule has 2 aromatic heterocycles. The third-order valence-corrected chi connectivity index (χ3v) is 5.50. The lowest BCUT2D eigenvalue weighted by atomic mass is 10.2. The second-order valence-corrected chi connectivity index (χ2v) is 7.49. The van der Waals surface area contributed by atoms with Crippen molar-refractivity contribution in [3.63, 3.8) is 0 Å². The van der Waals surface area contributed by atoms with E-state index in [9.17, 15) is 9.18 Å². The molecule has 1 aromatic carbocycles. The summed E-state index contributed by atoms with van der Waals surface area (Å²) in [6, 6.07) is 10.1. The molecule has 0 unspecified atom stereocenters. The molecule has 1 amide bonds. The Balaban J connectivity index is 1.70. The third-order valence-electron chi connectivity index (χ3n) is 5.50. The van der Waals surface area contributed by atoms with E-state index in [1.807, 2.05) is 30.5 Å². The van der Waals surface area contributed by atoms with Crippen LogP contribution in [0.15, 0.2) is 47.1 Å². The predicted octanol–water partition coefficient (Wildman–Crippen LogP) is 3.65. The van der Waals surface area contributed by atoms with Gasteiger partial charge in [-0.05, 0) is 43.7 Å². The molecule has 0 atom stereocenters. The first-order chi connectivity index (χ1) is 14.5. The average Bonchev–Trinajstić information content (AvgIpc) is 3.34. The highest BCUT2D eigenvalue weighted by Crippen LogP contribution is 2.32. The van der Waals surface area contributed by atoms with Gasteiger partial charge in [-0.1, -0.05) is 12.1 Å². The van der Waals surface area contributed by atoms with Gasteiger partial charge in [-0.3, -0.25) is 4.79 Å². The molecule has 0 aliphatic carbocycles. The molecule has 1 saturated heterocycles. The molecular formula is C23H26FN3O3. The summed E-state index contributed by atoms with van der Waals surface area (Å²) in [6.07, 6.45) is 1.58. The Morgan fingerprint density at radius 1 is 1.17 bits per heavy atom. The van der Waals surface area contributed by atoms with Crippen LogP contribution in [0.4, 0.5) is 10.1 Å². The fourth-order valence-corrected chi connectivity index (χ4v) is 4.11. The topological polar surface area (TPSA) is 59.6 Å². The second-order valence-electron chi connectivity index (χ2n) is 7.49. The van der Waals surface area contributed by atoms with E-state index in [4.69, 9.17) is 9.15 Å². The average molecular weight is 411 g/mol. The highest BCUT2D eigenvalue weighted by atomic mass is 19.1. The molecule has 1 aliphatic heterocycles. The Hall–Kier alpha value is -3.06. The van der Waals surface area contributed by atoms with Crippen LogP contribution >= 0.6 is 0 Å². The number of furan rings is 1. The summed E-state index contributed by atoms with van der Waals surface area (Å²) in [5, 5.41) is 2.95. The summed E-state index contributed by atoms with van der Waals surface area (Å²) >= 11 is 0. The fraction of sp³-hybridized carbons (Fsp3) is 0.348. The molecule has 0 radical (unpaired) electrons. The van der Waals surface area contributed by atoms with Crippen LogP contribution < -0.4 is 10.2 Å². The number of morpholine rings is 1. The van der Waals surface area contributed by atoms with Gasteiger partial charge in [0.15, 0.2) is 0 Å². The molecule has 0 saturated carbocycles. The first kappa shape index (κ1) is 20.2. The zero-order valence-corrected chi connectivity index (χ0v) is 17.3. The van der Waals surface area contributed by atoms with E-state index in [1.165, 1.54) is 12.1 Å². The van der Waals surface area contributed by atoms with Crippen LogP contribution in [0.3, 0.4) is 0 Å². The molecule has 1 fully saturated rings. The molecule has 0 bridgehead atoms. The summed E-state index contributed by atoms with van der Waals surface area (Å²) in [7, 11) is 0. The maximum absolute atomic E-state index is 13.8. The van der Waals surface area contributed by atoms with Gasteiger partial charge in [0.2, 0.25) is 0 Å². The number of ether oxygens (including phenoxy) is 1. The zero-order chi connectivity index (χ0) is 21.1. The minimum atomic E-state index is -0.286. The van der Waals surface area contributed by atoms with Crippen LogP contribution in [-0.2, 0) is 17.8 Å². The van der Waals surface area contributed by atoms with Crippen LogP contribution in [0.25, 0.3) is 0 Å². The monoisotopic (exact) mass is 411 g/mol. The van der Waals surface area contributed by atoms with Gasteiger partial charge in [0.25, 0.3) is 5.91 Å². The molecule has 3 aromatic rings. The molecule has 6 nitrogen and oxygen atoms in total. The number of nitrogens with one attached hydrogen (secondary N) is 1. The third kappa shape index (κ3) is 4.11. The Bertz CT molecular complexity index is 1020. The van der Waals surface area contributed by atoms with Crippen molar-refractivity contribution in [3.05, 3.63) is 76.8 Å². The molecule has 30 heavy (non-hydrogen) atoms. The number of anilines is 1. The first-order valence-corrected chi connectivity index (χ1v) is 10.1. The van der Waals surface area contributed by atoms with Crippen molar-refractivity contribution in [1.29, 1.82) is 0 Å². The molecule has 7 heteroatoms. The lowest BCUT2D eigenvalue weighted by Gasteiger charge is -2.29. The van der Waals surface area contributed by atoms with Gasteiger partial charge in [-0.25, -0.2) is 4.39 Å². The Kier molecular flexibility index (Phi) is 5.90. The van der Waals surface area contributed by atoms with Crippen molar-refractivity contribution in [3.8, 4) is 0 Å². The van der Waals surface area contributed by atoms with Crippen LogP contribution in [0.5, 0.6) is 0 Å². The summed E-state index contributed by atoms with van der Waals surface area (Å²) in [4.78, 5) is 15.5. The summed E-state index contributed by atoms with van der Waals surface area (Å²) < 4.78 is 26.6. The maximum Gasteiger partial charge on any atom is 0.268 e. The molecule has 1 N–H and O–H groups in total. The highest BCUT2D eigenvalue weighted by Gasteiger charge is 2.27. The van der Waals surface area contributed by atoms with Gasteiger partial charge in [0.05, 0.1) is 31.7 Å². The quantitative estimate of drug-likeness (QED) is 0.673. The summed E-state index contributed by atoms with van der Waals surface area (Å²) in [5.41, 5.74) is 4.36. The predicted molar refractivity (Wildman–Crippen MR) is 112 cm³/mol. The van der Waals surface area contributed by atoms with Gasteiger partial charge in [0.1, 0.15) is 17.3 Å². The number of carbonyl (C=O) groups is 1. The van der Waals surface area contributed by atoms with Crippen molar-refractivity contribution < 1.29 is 18.3 Å². The zero-order valence-electron chi connectivity index (χ0n) is 17.3.